The first-order valence-corrected chi connectivity index (χ1v) is 6.51. The van der Waals surface area contributed by atoms with Gasteiger partial charge in [-0.05, 0) is 25.7 Å². The van der Waals surface area contributed by atoms with Gasteiger partial charge in [-0.3, -0.25) is 4.79 Å². The second-order valence-corrected chi connectivity index (χ2v) is 5.43. The summed E-state index contributed by atoms with van der Waals surface area (Å²) in [6.45, 7) is 3.72. The standard InChI is InChI=1S/C13H19N3O3/c1-8-4-3-5-13(7-8,12(18)19)16-10-6-11(17)15-9(2)14-10/h6,8H,3-5,7H2,1-2H3,(H,18,19)(H2,14,15,16,17). The number of carboxylic acid groups (broad SMARTS) is 1. The molecule has 2 rings (SSSR count). The quantitative estimate of drug-likeness (QED) is 0.770. The van der Waals surface area contributed by atoms with Crippen molar-refractivity contribution in [3.8, 4) is 0 Å². The van der Waals surface area contributed by atoms with E-state index in [1.807, 2.05) is 0 Å². The summed E-state index contributed by atoms with van der Waals surface area (Å²) in [5.74, 6) is 0.274. The second-order valence-electron chi connectivity index (χ2n) is 5.43. The second kappa shape index (κ2) is 5.03. The highest BCUT2D eigenvalue weighted by molar-refractivity contribution is 5.82. The molecule has 1 saturated carbocycles. The van der Waals surface area contributed by atoms with Gasteiger partial charge in [0.1, 0.15) is 17.2 Å². The minimum atomic E-state index is -1.01. The number of anilines is 1. The van der Waals surface area contributed by atoms with Crippen LogP contribution in [0.25, 0.3) is 0 Å². The van der Waals surface area contributed by atoms with Crippen molar-refractivity contribution < 1.29 is 9.90 Å². The van der Waals surface area contributed by atoms with Crippen LogP contribution >= 0.6 is 0 Å². The van der Waals surface area contributed by atoms with E-state index in [1.54, 1.807) is 6.92 Å². The van der Waals surface area contributed by atoms with Crippen LogP contribution in [0.15, 0.2) is 10.9 Å². The molecule has 1 aromatic heterocycles. The van der Waals surface area contributed by atoms with Gasteiger partial charge >= 0.3 is 5.97 Å². The average Bonchev–Trinajstić information content (AvgIpc) is 2.26. The number of carboxylic acids is 1. The molecule has 1 aromatic rings. The Labute approximate surface area is 111 Å². The smallest absolute Gasteiger partial charge is 0.329 e. The van der Waals surface area contributed by atoms with Crippen molar-refractivity contribution in [2.45, 2.75) is 45.1 Å². The van der Waals surface area contributed by atoms with Crippen LogP contribution in [0.3, 0.4) is 0 Å². The van der Waals surface area contributed by atoms with Crippen LogP contribution in [0, 0.1) is 12.8 Å². The first-order chi connectivity index (χ1) is 8.91. The lowest BCUT2D eigenvalue weighted by atomic mass is 9.76. The molecule has 0 amide bonds. The molecule has 0 spiro atoms. The number of hydrogen-bond donors (Lipinski definition) is 3. The summed E-state index contributed by atoms with van der Waals surface area (Å²) in [4.78, 5) is 29.7. The van der Waals surface area contributed by atoms with Crippen molar-refractivity contribution in [3.05, 3.63) is 22.2 Å². The molecule has 3 N–H and O–H groups in total. The summed E-state index contributed by atoms with van der Waals surface area (Å²) in [5.41, 5.74) is -1.29. The van der Waals surface area contributed by atoms with E-state index in [0.29, 0.717) is 30.4 Å². The van der Waals surface area contributed by atoms with E-state index in [9.17, 15) is 14.7 Å². The number of aryl methyl sites for hydroxylation is 1. The SMILES string of the molecule is Cc1nc(NC2(C(=O)O)CCCC(C)C2)cc(=O)[nH]1. The predicted molar refractivity (Wildman–Crippen MR) is 71.2 cm³/mol. The first-order valence-electron chi connectivity index (χ1n) is 6.51. The Morgan fingerprint density at radius 3 is 2.95 bits per heavy atom. The van der Waals surface area contributed by atoms with Crippen LogP contribution in [0.1, 0.15) is 38.4 Å². The molecule has 0 bridgehead atoms. The van der Waals surface area contributed by atoms with Crippen LogP contribution < -0.4 is 10.9 Å². The molecule has 0 saturated heterocycles. The van der Waals surface area contributed by atoms with Gasteiger partial charge in [0, 0.05) is 6.07 Å². The number of aliphatic carboxylic acids is 1. The van der Waals surface area contributed by atoms with Crippen LogP contribution in [0.4, 0.5) is 5.82 Å². The van der Waals surface area contributed by atoms with Crippen LogP contribution in [0.5, 0.6) is 0 Å². The van der Waals surface area contributed by atoms with E-state index in [-0.39, 0.29) is 5.56 Å². The monoisotopic (exact) mass is 265 g/mol. The third-order valence-electron chi connectivity index (χ3n) is 3.63. The van der Waals surface area contributed by atoms with Crippen LogP contribution in [-0.4, -0.2) is 26.6 Å². The van der Waals surface area contributed by atoms with Crippen molar-refractivity contribution in [3.63, 3.8) is 0 Å². The number of H-pyrrole nitrogens is 1. The summed E-state index contributed by atoms with van der Waals surface area (Å²) in [6.07, 6.45) is 3.01. The number of carbonyl (C=O) groups is 1. The minimum absolute atomic E-state index is 0.278. The Morgan fingerprint density at radius 1 is 1.63 bits per heavy atom. The van der Waals surface area contributed by atoms with E-state index in [2.05, 4.69) is 22.2 Å². The molecule has 0 aromatic carbocycles. The Kier molecular flexibility index (Phi) is 3.59. The molecular formula is C13H19N3O3. The van der Waals surface area contributed by atoms with Crippen molar-refractivity contribution in [1.29, 1.82) is 0 Å². The van der Waals surface area contributed by atoms with Gasteiger partial charge in [0.25, 0.3) is 5.56 Å². The van der Waals surface area contributed by atoms with Gasteiger partial charge in [-0.2, -0.15) is 0 Å². The fourth-order valence-corrected chi connectivity index (χ4v) is 2.80. The third kappa shape index (κ3) is 2.94. The van der Waals surface area contributed by atoms with Gasteiger partial charge < -0.3 is 15.4 Å². The Balaban J connectivity index is 2.30. The molecule has 6 heteroatoms. The molecule has 19 heavy (non-hydrogen) atoms. The lowest BCUT2D eigenvalue weighted by Crippen LogP contribution is -2.50. The fraction of sp³-hybridized carbons (Fsp3) is 0.615. The Morgan fingerprint density at radius 2 is 2.37 bits per heavy atom. The fourth-order valence-electron chi connectivity index (χ4n) is 2.80. The summed E-state index contributed by atoms with van der Waals surface area (Å²) >= 11 is 0. The zero-order valence-electron chi connectivity index (χ0n) is 11.2. The number of rotatable bonds is 3. The topological polar surface area (TPSA) is 95.1 Å². The molecular weight excluding hydrogens is 246 g/mol. The summed E-state index contributed by atoms with van der Waals surface area (Å²) in [5, 5.41) is 12.5. The zero-order chi connectivity index (χ0) is 14.0. The lowest BCUT2D eigenvalue weighted by Gasteiger charge is -2.37. The van der Waals surface area contributed by atoms with Gasteiger partial charge in [-0.1, -0.05) is 19.8 Å². The van der Waals surface area contributed by atoms with E-state index < -0.39 is 11.5 Å². The van der Waals surface area contributed by atoms with Gasteiger partial charge in [-0.25, -0.2) is 9.78 Å². The number of nitrogens with zero attached hydrogens (tertiary/aromatic N) is 1. The van der Waals surface area contributed by atoms with Crippen LogP contribution in [-0.2, 0) is 4.79 Å². The van der Waals surface area contributed by atoms with Gasteiger partial charge in [-0.15, -0.1) is 0 Å². The Hall–Kier alpha value is -1.85. The molecule has 2 unspecified atom stereocenters. The highest BCUT2D eigenvalue weighted by atomic mass is 16.4. The van der Waals surface area contributed by atoms with Gasteiger partial charge in [0.2, 0.25) is 0 Å². The largest absolute Gasteiger partial charge is 0.480 e. The highest BCUT2D eigenvalue weighted by Gasteiger charge is 2.42. The van der Waals surface area contributed by atoms with Crippen molar-refractivity contribution >= 4 is 11.8 Å². The maximum Gasteiger partial charge on any atom is 0.329 e. The molecule has 1 fully saturated rings. The molecule has 104 valence electrons. The molecule has 2 atom stereocenters. The van der Waals surface area contributed by atoms with E-state index in [4.69, 9.17) is 0 Å². The summed E-state index contributed by atoms with van der Waals surface area (Å²) < 4.78 is 0. The van der Waals surface area contributed by atoms with Crippen molar-refractivity contribution in [1.82, 2.24) is 9.97 Å². The van der Waals surface area contributed by atoms with Crippen LogP contribution in [0.2, 0.25) is 0 Å². The normalized spacial score (nSPS) is 26.9. The number of hydrogen-bond acceptors (Lipinski definition) is 4. The maximum atomic E-state index is 11.6. The summed E-state index contributed by atoms with van der Waals surface area (Å²) in [6, 6.07) is 1.30. The molecule has 6 nitrogen and oxygen atoms in total. The third-order valence-corrected chi connectivity index (χ3v) is 3.63. The van der Waals surface area contributed by atoms with Gasteiger partial charge in [0.05, 0.1) is 0 Å². The van der Waals surface area contributed by atoms with E-state index in [0.717, 1.165) is 12.8 Å². The van der Waals surface area contributed by atoms with Crippen molar-refractivity contribution in [2.24, 2.45) is 5.92 Å². The van der Waals surface area contributed by atoms with E-state index in [1.165, 1.54) is 6.07 Å². The predicted octanol–water partition coefficient (Wildman–Crippen LogP) is 1.52. The molecule has 1 aliphatic carbocycles. The highest BCUT2D eigenvalue weighted by Crippen LogP contribution is 2.34. The lowest BCUT2D eigenvalue weighted by molar-refractivity contribution is -0.144. The average molecular weight is 265 g/mol. The van der Waals surface area contributed by atoms with Gasteiger partial charge in [0.15, 0.2) is 0 Å². The maximum absolute atomic E-state index is 11.6. The van der Waals surface area contributed by atoms with Crippen molar-refractivity contribution in [2.75, 3.05) is 5.32 Å². The first kappa shape index (κ1) is 13.6. The Bertz CT molecular complexity index is 540. The molecule has 1 aliphatic rings. The molecule has 0 radical (unpaired) electrons. The number of nitrogens with one attached hydrogen (secondary N) is 2. The van der Waals surface area contributed by atoms with E-state index >= 15 is 0 Å². The number of aromatic nitrogens is 2. The summed E-state index contributed by atoms with van der Waals surface area (Å²) in [7, 11) is 0. The zero-order valence-corrected chi connectivity index (χ0v) is 11.2. The molecule has 1 heterocycles. The minimum Gasteiger partial charge on any atom is -0.480 e. The molecule has 0 aliphatic heterocycles. The number of aromatic amines is 1.